The number of hydrogen-bond acceptors (Lipinski definition) is 5. The van der Waals surface area contributed by atoms with E-state index in [1.807, 2.05) is 95.5 Å². The minimum atomic E-state index is -0.937. The number of halogens is 1. The van der Waals surface area contributed by atoms with Crippen LogP contribution in [0, 0.1) is 5.82 Å². The van der Waals surface area contributed by atoms with Crippen LogP contribution in [-0.2, 0) is 19.0 Å². The van der Waals surface area contributed by atoms with Crippen molar-refractivity contribution >= 4 is 18.0 Å². The van der Waals surface area contributed by atoms with E-state index in [2.05, 4.69) is 0 Å². The number of carbonyl (C=O) groups is 2. The van der Waals surface area contributed by atoms with Crippen molar-refractivity contribution < 1.29 is 28.2 Å². The van der Waals surface area contributed by atoms with Crippen LogP contribution in [0.3, 0.4) is 0 Å². The van der Waals surface area contributed by atoms with Crippen molar-refractivity contribution in [3.63, 3.8) is 0 Å². The number of primary amides is 1. The van der Waals surface area contributed by atoms with Crippen molar-refractivity contribution in [1.82, 2.24) is 4.57 Å². The molecule has 0 aliphatic carbocycles. The number of esters is 1. The zero-order valence-electron chi connectivity index (χ0n) is 25.4. The summed E-state index contributed by atoms with van der Waals surface area (Å²) in [4.78, 5) is 25.6. The van der Waals surface area contributed by atoms with Gasteiger partial charge in [0.2, 0.25) is 0 Å². The summed E-state index contributed by atoms with van der Waals surface area (Å²) < 4.78 is 33.7. The normalized spacial score (nSPS) is 18.9. The Hall–Kier alpha value is -3.75. The number of nitrogens with zero attached hydrogens (tertiary/aromatic N) is 1. The number of rotatable bonds is 8. The molecule has 8 heteroatoms. The average molecular weight is 577 g/mol. The monoisotopic (exact) mass is 576 g/mol. The summed E-state index contributed by atoms with van der Waals surface area (Å²) in [5.74, 6) is -2.19. The number of carbonyl (C=O) groups excluding carboxylic acids is 2. The summed E-state index contributed by atoms with van der Waals surface area (Å²) in [5.41, 5.74) is 9.54. The molecule has 1 aliphatic rings. The standard InChI is InChI=1S/C34H41FN2O5/c1-21(2)37-27(18-17-25-19-26(41-34(6,7)40-25)20-28(38)42-33(3,4)5)29(23-13-15-24(35)16-14-23)30(31(37)32(36)39)22-11-9-8-10-12-22/h8-18,21,25-26H,19-20H2,1-7H3,(H2,36,39). The van der Waals surface area contributed by atoms with Gasteiger partial charge in [0.05, 0.1) is 18.6 Å². The molecular formula is C34H41FN2O5. The lowest BCUT2D eigenvalue weighted by Crippen LogP contribution is -2.45. The highest BCUT2D eigenvalue weighted by molar-refractivity contribution is 6.05. The quantitative estimate of drug-likeness (QED) is 0.284. The molecule has 2 unspecified atom stereocenters. The lowest BCUT2D eigenvalue weighted by molar-refractivity contribution is -0.290. The van der Waals surface area contributed by atoms with Crippen molar-refractivity contribution in [3.8, 4) is 22.3 Å². The van der Waals surface area contributed by atoms with Crippen molar-refractivity contribution in [2.24, 2.45) is 5.73 Å². The van der Waals surface area contributed by atoms with Gasteiger partial charge in [0, 0.05) is 29.3 Å². The van der Waals surface area contributed by atoms with E-state index >= 15 is 0 Å². The molecule has 1 saturated heterocycles. The Bertz CT molecular complexity index is 1450. The fraction of sp³-hybridized carbons (Fsp3) is 0.412. The molecule has 1 amide bonds. The summed E-state index contributed by atoms with van der Waals surface area (Å²) in [6, 6.07) is 15.7. The predicted molar refractivity (Wildman–Crippen MR) is 162 cm³/mol. The van der Waals surface area contributed by atoms with Gasteiger partial charge in [-0.15, -0.1) is 0 Å². The number of benzene rings is 2. The molecular weight excluding hydrogens is 535 g/mol. The van der Waals surface area contributed by atoms with Crippen LogP contribution in [0.2, 0.25) is 0 Å². The number of aromatic nitrogens is 1. The van der Waals surface area contributed by atoms with Gasteiger partial charge in [-0.3, -0.25) is 9.59 Å². The maximum atomic E-state index is 14.0. The van der Waals surface area contributed by atoms with Crippen molar-refractivity contribution in [2.45, 2.75) is 90.9 Å². The van der Waals surface area contributed by atoms with Crippen LogP contribution in [-0.4, -0.2) is 40.0 Å². The van der Waals surface area contributed by atoms with Gasteiger partial charge in [0.15, 0.2) is 5.79 Å². The van der Waals surface area contributed by atoms with Gasteiger partial charge in [-0.2, -0.15) is 0 Å². The van der Waals surface area contributed by atoms with E-state index in [0.717, 1.165) is 22.4 Å². The fourth-order valence-corrected chi connectivity index (χ4v) is 5.50. The van der Waals surface area contributed by atoms with Crippen LogP contribution in [0.1, 0.15) is 83.5 Å². The Labute approximate surface area is 247 Å². The molecule has 1 aliphatic heterocycles. The van der Waals surface area contributed by atoms with Crippen LogP contribution in [0.4, 0.5) is 4.39 Å². The predicted octanol–water partition coefficient (Wildman–Crippen LogP) is 7.30. The van der Waals surface area contributed by atoms with Gasteiger partial charge in [-0.05, 0) is 77.8 Å². The lowest BCUT2D eigenvalue weighted by Gasteiger charge is -2.39. The van der Waals surface area contributed by atoms with E-state index in [1.165, 1.54) is 12.1 Å². The maximum absolute atomic E-state index is 14.0. The molecule has 0 saturated carbocycles. The van der Waals surface area contributed by atoms with Gasteiger partial charge in [-0.1, -0.05) is 48.5 Å². The molecule has 42 heavy (non-hydrogen) atoms. The van der Waals surface area contributed by atoms with Crippen molar-refractivity contribution in [2.75, 3.05) is 0 Å². The molecule has 0 spiro atoms. The molecule has 0 bridgehead atoms. The number of ether oxygens (including phenoxy) is 3. The summed E-state index contributed by atoms with van der Waals surface area (Å²) in [7, 11) is 0. The summed E-state index contributed by atoms with van der Waals surface area (Å²) in [6.07, 6.45) is 3.58. The van der Waals surface area contributed by atoms with Crippen molar-refractivity contribution in [1.29, 1.82) is 0 Å². The van der Waals surface area contributed by atoms with E-state index in [4.69, 9.17) is 19.9 Å². The van der Waals surface area contributed by atoms with Gasteiger partial charge < -0.3 is 24.5 Å². The minimum Gasteiger partial charge on any atom is -0.460 e. The topological polar surface area (TPSA) is 92.8 Å². The van der Waals surface area contributed by atoms with E-state index < -0.39 is 29.5 Å². The first-order valence-electron chi connectivity index (χ1n) is 14.3. The minimum absolute atomic E-state index is 0.0988. The van der Waals surface area contributed by atoms with Gasteiger partial charge >= 0.3 is 5.97 Å². The number of hydrogen-bond donors (Lipinski definition) is 1. The maximum Gasteiger partial charge on any atom is 0.308 e. The Morgan fingerprint density at radius 2 is 1.67 bits per heavy atom. The average Bonchev–Trinajstić information content (AvgIpc) is 3.22. The second kappa shape index (κ2) is 12.2. The van der Waals surface area contributed by atoms with Crippen molar-refractivity contribution in [3.05, 3.63) is 77.9 Å². The summed E-state index contributed by atoms with van der Waals surface area (Å²) in [5, 5.41) is 0. The lowest BCUT2D eigenvalue weighted by atomic mass is 9.94. The molecule has 0 radical (unpaired) electrons. The first-order valence-corrected chi connectivity index (χ1v) is 14.3. The van der Waals surface area contributed by atoms with Crippen LogP contribution in [0.15, 0.2) is 60.7 Å². The first-order chi connectivity index (χ1) is 19.6. The van der Waals surface area contributed by atoms with Crippen LogP contribution in [0.25, 0.3) is 28.3 Å². The van der Waals surface area contributed by atoms with Crippen LogP contribution < -0.4 is 5.73 Å². The Balaban J connectivity index is 1.83. The fourth-order valence-electron chi connectivity index (χ4n) is 5.50. The molecule has 1 aromatic heterocycles. The molecule has 2 aromatic carbocycles. The second-order valence-corrected chi connectivity index (χ2v) is 12.4. The Morgan fingerprint density at radius 1 is 1.05 bits per heavy atom. The van der Waals surface area contributed by atoms with Gasteiger partial charge in [0.1, 0.15) is 17.1 Å². The van der Waals surface area contributed by atoms with Gasteiger partial charge in [-0.25, -0.2) is 4.39 Å². The number of nitrogens with two attached hydrogens (primary N) is 1. The Morgan fingerprint density at radius 3 is 2.24 bits per heavy atom. The summed E-state index contributed by atoms with van der Waals surface area (Å²) in [6.45, 7) is 13.1. The zero-order valence-corrected chi connectivity index (χ0v) is 25.4. The highest BCUT2D eigenvalue weighted by Crippen LogP contribution is 2.42. The highest BCUT2D eigenvalue weighted by atomic mass is 19.1. The summed E-state index contributed by atoms with van der Waals surface area (Å²) >= 11 is 0. The largest absolute Gasteiger partial charge is 0.460 e. The third-order valence-corrected chi connectivity index (χ3v) is 6.85. The molecule has 7 nitrogen and oxygen atoms in total. The number of amides is 1. The molecule has 3 aromatic rings. The SMILES string of the molecule is CC(C)n1c(C=CC2CC(CC(=O)OC(C)(C)C)OC(C)(C)O2)c(-c2ccc(F)cc2)c(-c2ccccc2)c1C(N)=O. The third kappa shape index (κ3) is 7.36. The molecule has 2 N–H and O–H groups in total. The van der Waals surface area contributed by atoms with Crippen LogP contribution in [0.5, 0.6) is 0 Å². The zero-order chi connectivity index (χ0) is 30.8. The third-order valence-electron chi connectivity index (χ3n) is 6.85. The smallest absolute Gasteiger partial charge is 0.308 e. The van der Waals surface area contributed by atoms with E-state index in [-0.39, 0.29) is 24.2 Å². The molecule has 4 rings (SSSR count). The van der Waals surface area contributed by atoms with E-state index in [0.29, 0.717) is 17.7 Å². The Kier molecular flexibility index (Phi) is 9.09. The molecule has 2 heterocycles. The first kappa shape index (κ1) is 31.2. The highest BCUT2D eigenvalue weighted by Gasteiger charge is 2.36. The van der Waals surface area contributed by atoms with Crippen LogP contribution >= 0.6 is 0 Å². The van der Waals surface area contributed by atoms with Gasteiger partial charge in [0.25, 0.3) is 5.91 Å². The molecule has 1 fully saturated rings. The molecule has 224 valence electrons. The van der Waals surface area contributed by atoms with E-state index in [9.17, 15) is 14.0 Å². The second-order valence-electron chi connectivity index (χ2n) is 12.4. The molecule has 2 atom stereocenters. The van der Waals surface area contributed by atoms with E-state index in [1.54, 1.807) is 12.1 Å².